The van der Waals surface area contributed by atoms with Crippen LogP contribution in [0.2, 0.25) is 0 Å². The van der Waals surface area contributed by atoms with Gasteiger partial charge >= 0.3 is 5.97 Å². The fourth-order valence-corrected chi connectivity index (χ4v) is 4.47. The Morgan fingerprint density at radius 2 is 1.95 bits per heavy atom. The highest BCUT2D eigenvalue weighted by Crippen LogP contribution is 2.28. The van der Waals surface area contributed by atoms with Crippen molar-refractivity contribution in [3.8, 4) is 0 Å². The number of sulfonamides is 1. The van der Waals surface area contributed by atoms with Crippen molar-refractivity contribution in [3.63, 3.8) is 0 Å². The van der Waals surface area contributed by atoms with Crippen molar-refractivity contribution in [2.45, 2.75) is 32.6 Å². The molecule has 1 N–H and O–H groups in total. The summed E-state index contributed by atoms with van der Waals surface area (Å²) in [6.07, 6.45) is 0. The molecular weight excluding hydrogens is 358 g/mol. The average molecular weight is 378 g/mol. The highest BCUT2D eigenvalue weighted by Gasteiger charge is 2.27. The van der Waals surface area contributed by atoms with Crippen LogP contribution in [0.25, 0.3) is 0 Å². The molecule has 0 aromatic heterocycles. The number of hydrogen-bond donors (Lipinski definition) is 1. The molecule has 0 amide bonds. The molecule has 1 aromatic carbocycles. The Hall–Kier alpha value is -0.920. The van der Waals surface area contributed by atoms with E-state index in [1.807, 2.05) is 13.8 Å². The number of rotatable bonds is 6. The summed E-state index contributed by atoms with van der Waals surface area (Å²) in [5.74, 6) is -0.967. The molecule has 0 spiro atoms. The Bertz CT molecular complexity index is 641. The monoisotopic (exact) mass is 377 g/mol. The highest BCUT2D eigenvalue weighted by atomic mass is 79.9. The number of benzene rings is 1. The molecule has 0 aliphatic rings. The highest BCUT2D eigenvalue weighted by molar-refractivity contribution is 9.10. The van der Waals surface area contributed by atoms with Crippen LogP contribution in [0.3, 0.4) is 0 Å². The van der Waals surface area contributed by atoms with E-state index in [1.165, 1.54) is 16.4 Å². The Morgan fingerprint density at radius 1 is 1.38 bits per heavy atom. The van der Waals surface area contributed by atoms with E-state index >= 15 is 0 Å². The smallest absolute Gasteiger partial charge is 0.335 e. The molecule has 0 radical (unpaired) electrons. The Kier molecular flexibility index (Phi) is 5.95. The van der Waals surface area contributed by atoms with Crippen LogP contribution in [-0.4, -0.2) is 36.9 Å². The fourth-order valence-electron chi connectivity index (χ4n) is 1.99. The number of carboxylic acid groups (broad SMARTS) is 1. The third-order valence-corrected chi connectivity index (χ3v) is 5.97. The molecule has 0 aliphatic carbocycles. The summed E-state index contributed by atoms with van der Waals surface area (Å²) in [5.41, 5.74) is 0.467. The lowest BCUT2D eigenvalue weighted by Gasteiger charge is -2.23. The van der Waals surface area contributed by atoms with Crippen molar-refractivity contribution in [2.75, 3.05) is 13.1 Å². The van der Waals surface area contributed by atoms with Crippen LogP contribution >= 0.6 is 15.9 Å². The minimum atomic E-state index is -3.72. The molecule has 0 bridgehead atoms. The van der Waals surface area contributed by atoms with Gasteiger partial charge in [-0.15, -0.1) is 0 Å². The maximum absolute atomic E-state index is 12.8. The Labute approximate surface area is 134 Å². The first kappa shape index (κ1) is 18.1. The molecule has 1 rings (SSSR count). The molecule has 118 valence electrons. The summed E-state index contributed by atoms with van der Waals surface area (Å²) in [6, 6.07) is 2.64. The quantitative estimate of drug-likeness (QED) is 0.826. The lowest BCUT2D eigenvalue weighted by molar-refractivity contribution is 0.0696. The number of aromatic carboxylic acids is 1. The zero-order valence-electron chi connectivity index (χ0n) is 12.6. The number of nitrogens with zero attached hydrogens (tertiary/aromatic N) is 1. The number of hydrogen-bond acceptors (Lipinski definition) is 3. The van der Waals surface area contributed by atoms with Gasteiger partial charge in [-0.1, -0.05) is 36.7 Å². The zero-order chi connectivity index (χ0) is 16.4. The van der Waals surface area contributed by atoms with Gasteiger partial charge in [-0.3, -0.25) is 0 Å². The van der Waals surface area contributed by atoms with Gasteiger partial charge in [0, 0.05) is 17.6 Å². The van der Waals surface area contributed by atoms with Gasteiger partial charge < -0.3 is 5.11 Å². The van der Waals surface area contributed by atoms with Crippen LogP contribution in [0.1, 0.15) is 36.7 Å². The van der Waals surface area contributed by atoms with Crippen LogP contribution < -0.4 is 0 Å². The van der Waals surface area contributed by atoms with Crippen molar-refractivity contribution in [1.82, 2.24) is 4.31 Å². The Balaban J connectivity index is 3.46. The summed E-state index contributed by atoms with van der Waals surface area (Å²) in [4.78, 5) is 11.2. The minimum Gasteiger partial charge on any atom is -0.478 e. The normalized spacial score (nSPS) is 12.1. The van der Waals surface area contributed by atoms with Crippen molar-refractivity contribution in [2.24, 2.45) is 5.92 Å². The molecule has 7 heteroatoms. The van der Waals surface area contributed by atoms with Gasteiger partial charge in [0.25, 0.3) is 0 Å². The van der Waals surface area contributed by atoms with Crippen LogP contribution in [0, 0.1) is 12.8 Å². The molecule has 0 saturated heterocycles. The van der Waals surface area contributed by atoms with E-state index < -0.39 is 16.0 Å². The second-order valence-electron chi connectivity index (χ2n) is 5.24. The zero-order valence-corrected chi connectivity index (χ0v) is 15.0. The van der Waals surface area contributed by atoms with Gasteiger partial charge in [-0.25, -0.2) is 13.2 Å². The first-order valence-corrected chi connectivity index (χ1v) is 8.88. The van der Waals surface area contributed by atoms with E-state index in [2.05, 4.69) is 15.9 Å². The maximum Gasteiger partial charge on any atom is 0.335 e. The van der Waals surface area contributed by atoms with Gasteiger partial charge in [0.15, 0.2) is 0 Å². The summed E-state index contributed by atoms with van der Waals surface area (Å²) < 4.78 is 27.4. The molecule has 1 aromatic rings. The van der Waals surface area contributed by atoms with Crippen molar-refractivity contribution in [1.29, 1.82) is 0 Å². The summed E-state index contributed by atoms with van der Waals surface area (Å²) in [7, 11) is -3.72. The third-order valence-electron chi connectivity index (χ3n) is 3.08. The predicted octanol–water partition coefficient (Wildman–Crippen LogP) is 3.12. The largest absolute Gasteiger partial charge is 0.478 e. The van der Waals surface area contributed by atoms with Crippen LogP contribution in [0.4, 0.5) is 0 Å². The Morgan fingerprint density at radius 3 is 2.38 bits per heavy atom. The lowest BCUT2D eigenvalue weighted by Crippen LogP contribution is -2.34. The number of halogens is 1. The van der Waals surface area contributed by atoms with Gasteiger partial charge in [0.2, 0.25) is 10.0 Å². The lowest BCUT2D eigenvalue weighted by atomic mass is 10.1. The van der Waals surface area contributed by atoms with Gasteiger partial charge in [-0.2, -0.15) is 4.31 Å². The van der Waals surface area contributed by atoms with Crippen LogP contribution in [-0.2, 0) is 10.0 Å². The van der Waals surface area contributed by atoms with Crippen LogP contribution in [0.15, 0.2) is 21.5 Å². The van der Waals surface area contributed by atoms with Crippen molar-refractivity contribution >= 4 is 31.9 Å². The van der Waals surface area contributed by atoms with Gasteiger partial charge in [0.1, 0.15) is 0 Å². The van der Waals surface area contributed by atoms with Gasteiger partial charge in [-0.05, 0) is 30.5 Å². The summed E-state index contributed by atoms with van der Waals surface area (Å²) in [5, 5.41) is 9.10. The first-order chi connectivity index (χ1) is 9.61. The third kappa shape index (κ3) is 4.05. The molecular formula is C14H20BrNO4S. The molecule has 0 atom stereocenters. The maximum atomic E-state index is 12.8. The molecule has 0 heterocycles. The second kappa shape index (κ2) is 6.89. The predicted molar refractivity (Wildman–Crippen MR) is 85.1 cm³/mol. The van der Waals surface area contributed by atoms with Crippen LogP contribution in [0.5, 0.6) is 0 Å². The number of carbonyl (C=O) groups is 1. The first-order valence-electron chi connectivity index (χ1n) is 6.64. The van der Waals surface area contributed by atoms with Crippen molar-refractivity contribution < 1.29 is 18.3 Å². The molecule has 0 saturated carbocycles. The topological polar surface area (TPSA) is 74.7 Å². The van der Waals surface area contributed by atoms with E-state index in [-0.39, 0.29) is 16.4 Å². The molecule has 0 fully saturated rings. The molecule has 5 nitrogen and oxygen atoms in total. The standard InChI is InChI=1S/C14H20BrNO4S/c1-5-16(8-9(2)3)21(19,20)13-7-11(14(17)18)6-12(15)10(13)4/h6-7,9H,5,8H2,1-4H3,(H,17,18). The van der Waals surface area contributed by atoms with E-state index in [0.29, 0.717) is 23.1 Å². The fraction of sp³-hybridized carbons (Fsp3) is 0.500. The minimum absolute atomic E-state index is 0.0387. The van der Waals surface area contributed by atoms with E-state index in [1.54, 1.807) is 13.8 Å². The van der Waals surface area contributed by atoms with Gasteiger partial charge in [0.05, 0.1) is 10.5 Å². The van der Waals surface area contributed by atoms with E-state index in [4.69, 9.17) is 5.11 Å². The molecule has 21 heavy (non-hydrogen) atoms. The SMILES string of the molecule is CCN(CC(C)C)S(=O)(=O)c1cc(C(=O)O)cc(Br)c1C. The molecule has 0 unspecified atom stereocenters. The number of carboxylic acids is 1. The molecule has 0 aliphatic heterocycles. The van der Waals surface area contributed by atoms with E-state index in [9.17, 15) is 13.2 Å². The average Bonchev–Trinajstić information content (AvgIpc) is 2.37. The van der Waals surface area contributed by atoms with Crippen molar-refractivity contribution in [3.05, 3.63) is 27.7 Å². The summed E-state index contributed by atoms with van der Waals surface area (Å²) in [6.45, 7) is 8.04. The summed E-state index contributed by atoms with van der Waals surface area (Å²) >= 11 is 3.23. The second-order valence-corrected chi connectivity index (χ2v) is 8.00. The van der Waals surface area contributed by atoms with E-state index in [0.717, 1.165) is 0 Å².